The summed E-state index contributed by atoms with van der Waals surface area (Å²) < 4.78 is 0. The monoisotopic (exact) mass is 291 g/mol. The molecule has 20 heavy (non-hydrogen) atoms. The summed E-state index contributed by atoms with van der Waals surface area (Å²) in [5.74, 6) is 0.307. The summed E-state index contributed by atoms with van der Waals surface area (Å²) in [5, 5.41) is 14.9. The van der Waals surface area contributed by atoms with Crippen molar-refractivity contribution in [2.24, 2.45) is 0 Å². The van der Waals surface area contributed by atoms with E-state index in [4.69, 9.17) is 0 Å². The van der Waals surface area contributed by atoms with Gasteiger partial charge in [0.05, 0.1) is 6.04 Å². The first kappa shape index (κ1) is 14.4. The second-order valence-electron chi connectivity index (χ2n) is 4.70. The van der Waals surface area contributed by atoms with Gasteiger partial charge in [-0.05, 0) is 24.6 Å². The second-order valence-corrected chi connectivity index (χ2v) is 5.71. The molecule has 6 nitrogen and oxygen atoms in total. The van der Waals surface area contributed by atoms with Gasteiger partial charge in [-0.2, -0.15) is 0 Å². The van der Waals surface area contributed by atoms with E-state index in [1.54, 1.807) is 12.4 Å². The molecule has 7 heteroatoms. The molecular weight excluding hydrogens is 274 g/mol. The van der Waals surface area contributed by atoms with Crippen LogP contribution in [0.1, 0.15) is 43.3 Å². The minimum Gasteiger partial charge on any atom is -0.331 e. The summed E-state index contributed by atoms with van der Waals surface area (Å²) in [6.07, 6.45) is 3.40. The molecule has 2 rings (SSSR count). The Morgan fingerprint density at radius 2 is 1.90 bits per heavy atom. The number of urea groups is 1. The molecular formula is C13H17N5OS. The number of nitrogens with one attached hydrogen (secondary N) is 2. The number of nitrogens with zero attached hydrogens (tertiary/aromatic N) is 3. The van der Waals surface area contributed by atoms with E-state index >= 15 is 0 Å². The van der Waals surface area contributed by atoms with Crippen molar-refractivity contribution >= 4 is 22.5 Å². The molecule has 0 saturated heterocycles. The van der Waals surface area contributed by atoms with Gasteiger partial charge in [0.1, 0.15) is 5.01 Å². The van der Waals surface area contributed by atoms with Crippen LogP contribution in [0.4, 0.5) is 9.93 Å². The molecule has 0 fully saturated rings. The first-order valence-electron chi connectivity index (χ1n) is 6.37. The molecule has 0 spiro atoms. The van der Waals surface area contributed by atoms with Crippen molar-refractivity contribution in [2.45, 2.75) is 32.7 Å². The lowest BCUT2D eigenvalue weighted by molar-refractivity contribution is 0.249. The maximum absolute atomic E-state index is 11.9. The number of carbonyl (C=O) groups is 1. The van der Waals surface area contributed by atoms with Crippen LogP contribution < -0.4 is 10.6 Å². The lowest BCUT2D eigenvalue weighted by Gasteiger charge is -2.13. The highest BCUT2D eigenvalue weighted by atomic mass is 32.1. The third-order valence-corrected chi connectivity index (χ3v) is 3.85. The van der Waals surface area contributed by atoms with Crippen molar-refractivity contribution in [2.75, 3.05) is 5.32 Å². The summed E-state index contributed by atoms with van der Waals surface area (Å²) in [7, 11) is 0. The van der Waals surface area contributed by atoms with E-state index in [0.717, 1.165) is 10.6 Å². The average Bonchev–Trinajstić information content (AvgIpc) is 2.88. The van der Waals surface area contributed by atoms with Gasteiger partial charge >= 0.3 is 6.03 Å². The van der Waals surface area contributed by atoms with E-state index in [2.05, 4.69) is 25.8 Å². The van der Waals surface area contributed by atoms with Crippen molar-refractivity contribution in [3.05, 3.63) is 35.1 Å². The van der Waals surface area contributed by atoms with Gasteiger partial charge < -0.3 is 5.32 Å². The Labute approximate surface area is 121 Å². The fourth-order valence-electron chi connectivity index (χ4n) is 1.58. The number of amides is 2. The van der Waals surface area contributed by atoms with Gasteiger partial charge in [-0.25, -0.2) is 4.79 Å². The quantitative estimate of drug-likeness (QED) is 0.907. The predicted molar refractivity (Wildman–Crippen MR) is 78.8 cm³/mol. The normalized spacial score (nSPS) is 12.2. The summed E-state index contributed by atoms with van der Waals surface area (Å²) in [6.45, 7) is 5.99. The van der Waals surface area contributed by atoms with Crippen molar-refractivity contribution in [1.29, 1.82) is 0 Å². The van der Waals surface area contributed by atoms with Crippen LogP contribution in [0.25, 0.3) is 0 Å². The van der Waals surface area contributed by atoms with E-state index < -0.39 is 0 Å². The van der Waals surface area contributed by atoms with Crippen molar-refractivity contribution < 1.29 is 4.79 Å². The van der Waals surface area contributed by atoms with E-state index in [9.17, 15) is 4.79 Å². The molecule has 2 heterocycles. The van der Waals surface area contributed by atoms with E-state index in [0.29, 0.717) is 11.0 Å². The molecule has 0 aliphatic rings. The average molecular weight is 291 g/mol. The van der Waals surface area contributed by atoms with E-state index in [1.165, 1.54) is 11.3 Å². The molecule has 106 valence electrons. The Morgan fingerprint density at radius 1 is 1.20 bits per heavy atom. The van der Waals surface area contributed by atoms with E-state index in [1.807, 2.05) is 32.9 Å². The SMILES string of the molecule is CC(C)c1nnc(NC(=O)NC(C)c2ccncc2)s1. The van der Waals surface area contributed by atoms with Crippen LogP contribution in [-0.2, 0) is 0 Å². The lowest BCUT2D eigenvalue weighted by Crippen LogP contribution is -2.31. The van der Waals surface area contributed by atoms with Crippen LogP contribution in [0, 0.1) is 0 Å². The molecule has 0 aromatic carbocycles. The number of carbonyl (C=O) groups excluding carboxylic acids is 1. The first-order chi connectivity index (χ1) is 9.56. The largest absolute Gasteiger partial charge is 0.331 e. The molecule has 0 aliphatic heterocycles. The lowest BCUT2D eigenvalue weighted by atomic mass is 10.1. The standard InChI is InChI=1S/C13H17N5OS/c1-8(2)11-17-18-13(20-11)16-12(19)15-9(3)10-4-6-14-7-5-10/h4-9H,1-3H3,(H2,15,16,18,19). The smallest absolute Gasteiger partial charge is 0.321 e. The molecule has 0 saturated carbocycles. The maximum atomic E-state index is 11.9. The van der Waals surface area contributed by atoms with Gasteiger partial charge in [0.25, 0.3) is 0 Å². The first-order valence-corrected chi connectivity index (χ1v) is 7.18. The molecule has 0 aliphatic carbocycles. The van der Waals surface area contributed by atoms with Gasteiger partial charge in [-0.1, -0.05) is 25.2 Å². The maximum Gasteiger partial charge on any atom is 0.321 e. The summed E-state index contributed by atoms with van der Waals surface area (Å²) in [4.78, 5) is 15.8. The molecule has 0 bridgehead atoms. The highest BCUT2D eigenvalue weighted by Gasteiger charge is 2.12. The third kappa shape index (κ3) is 3.74. The molecule has 1 unspecified atom stereocenters. The Hall–Kier alpha value is -2.02. The van der Waals surface area contributed by atoms with Crippen LogP contribution in [0.15, 0.2) is 24.5 Å². The summed E-state index contributed by atoms with van der Waals surface area (Å²) in [6, 6.07) is 3.34. The Morgan fingerprint density at radius 3 is 2.50 bits per heavy atom. The van der Waals surface area contributed by atoms with Gasteiger partial charge in [0.2, 0.25) is 5.13 Å². The molecule has 2 aromatic rings. The van der Waals surface area contributed by atoms with Crippen LogP contribution in [0.3, 0.4) is 0 Å². The molecule has 0 radical (unpaired) electrons. The number of anilines is 1. The van der Waals surface area contributed by atoms with Gasteiger partial charge in [-0.3, -0.25) is 10.3 Å². The molecule has 2 amide bonds. The number of pyridine rings is 1. The van der Waals surface area contributed by atoms with Gasteiger partial charge in [0, 0.05) is 18.3 Å². The minimum atomic E-state index is -0.291. The molecule has 1 atom stereocenters. The highest BCUT2D eigenvalue weighted by Crippen LogP contribution is 2.22. The molecule has 2 N–H and O–H groups in total. The zero-order valence-corrected chi connectivity index (χ0v) is 12.4. The summed E-state index contributed by atoms with van der Waals surface area (Å²) in [5.41, 5.74) is 0.996. The molecule has 2 aromatic heterocycles. The number of aromatic nitrogens is 3. The zero-order chi connectivity index (χ0) is 14.5. The second kappa shape index (κ2) is 6.42. The van der Waals surface area contributed by atoms with Crippen molar-refractivity contribution in [1.82, 2.24) is 20.5 Å². The van der Waals surface area contributed by atoms with Crippen molar-refractivity contribution in [3.63, 3.8) is 0 Å². The van der Waals surface area contributed by atoms with Crippen LogP contribution >= 0.6 is 11.3 Å². The predicted octanol–water partition coefficient (Wildman–Crippen LogP) is 2.94. The Balaban J connectivity index is 1.92. The van der Waals surface area contributed by atoms with Crippen LogP contribution in [-0.4, -0.2) is 21.2 Å². The fraction of sp³-hybridized carbons (Fsp3) is 0.385. The highest BCUT2D eigenvalue weighted by molar-refractivity contribution is 7.15. The minimum absolute atomic E-state index is 0.101. The topological polar surface area (TPSA) is 79.8 Å². The summed E-state index contributed by atoms with van der Waals surface area (Å²) >= 11 is 1.39. The zero-order valence-electron chi connectivity index (χ0n) is 11.6. The van der Waals surface area contributed by atoms with Gasteiger partial charge in [0.15, 0.2) is 0 Å². The third-order valence-electron chi connectivity index (χ3n) is 2.71. The fourth-order valence-corrected chi connectivity index (χ4v) is 2.32. The van der Waals surface area contributed by atoms with Gasteiger partial charge in [-0.15, -0.1) is 10.2 Å². The number of rotatable bonds is 4. The van der Waals surface area contributed by atoms with Crippen LogP contribution in [0.2, 0.25) is 0 Å². The van der Waals surface area contributed by atoms with Crippen LogP contribution in [0.5, 0.6) is 0 Å². The number of hydrogen-bond donors (Lipinski definition) is 2. The number of hydrogen-bond acceptors (Lipinski definition) is 5. The van der Waals surface area contributed by atoms with E-state index in [-0.39, 0.29) is 12.1 Å². The Kier molecular flexibility index (Phi) is 4.62. The Bertz CT molecular complexity index is 569. The van der Waals surface area contributed by atoms with Crippen molar-refractivity contribution in [3.8, 4) is 0 Å².